The fraction of sp³-hybridized carbons (Fsp3) is 0.143. The third kappa shape index (κ3) is 4.47. The van der Waals surface area contributed by atoms with E-state index in [0.29, 0.717) is 17.2 Å². The Morgan fingerprint density at radius 2 is 1.08 bits per heavy atom. The molecule has 4 nitrogen and oxygen atoms in total. The summed E-state index contributed by atoms with van der Waals surface area (Å²) in [5.41, 5.74) is 2.85. The van der Waals surface area contributed by atoms with Gasteiger partial charge in [-0.25, -0.2) is 0 Å². The maximum atomic E-state index is 13.4. The first kappa shape index (κ1) is 18.1. The molecule has 0 aliphatic heterocycles. The fourth-order valence-corrected chi connectivity index (χ4v) is 4.08. The molecular weight excluding hydrogens is 347 g/mol. The molecule has 0 amide bonds. The molecule has 134 valence electrons. The number of aryl methyl sites for hydroxylation is 3. The third-order valence-electron chi connectivity index (χ3n) is 3.73. The van der Waals surface area contributed by atoms with Crippen LogP contribution in [0.2, 0.25) is 0 Å². The summed E-state index contributed by atoms with van der Waals surface area (Å²) in [5, 5.41) is 0. The molecule has 0 saturated carbocycles. The molecule has 0 N–H and O–H groups in total. The van der Waals surface area contributed by atoms with Crippen LogP contribution in [0.3, 0.4) is 0 Å². The minimum absolute atomic E-state index is 0.411. The van der Waals surface area contributed by atoms with E-state index < -0.39 is 7.82 Å². The van der Waals surface area contributed by atoms with Crippen molar-refractivity contribution in [2.24, 2.45) is 0 Å². The maximum absolute atomic E-state index is 13.4. The van der Waals surface area contributed by atoms with Crippen molar-refractivity contribution in [2.75, 3.05) is 0 Å². The zero-order valence-corrected chi connectivity index (χ0v) is 15.9. The van der Waals surface area contributed by atoms with Crippen molar-refractivity contribution in [3.8, 4) is 17.2 Å². The van der Waals surface area contributed by atoms with Gasteiger partial charge in [-0.2, -0.15) is 4.57 Å². The third-order valence-corrected chi connectivity index (χ3v) is 5.00. The normalized spacial score (nSPS) is 11.0. The van der Waals surface area contributed by atoms with E-state index in [0.717, 1.165) is 16.7 Å². The zero-order chi connectivity index (χ0) is 18.6. The lowest BCUT2D eigenvalue weighted by Gasteiger charge is -2.21. The average molecular weight is 368 g/mol. The van der Waals surface area contributed by atoms with Crippen molar-refractivity contribution in [1.82, 2.24) is 0 Å². The lowest BCUT2D eigenvalue weighted by Crippen LogP contribution is -2.09. The van der Waals surface area contributed by atoms with E-state index in [9.17, 15) is 4.57 Å². The molecule has 26 heavy (non-hydrogen) atoms. The number of para-hydroxylation sites is 2. The summed E-state index contributed by atoms with van der Waals surface area (Å²) >= 11 is 0. The first-order chi connectivity index (χ1) is 12.5. The standard InChI is InChI=1S/C21H21O4P/c1-16-14-17(2)21(18(3)15-16)25-26(22,23-19-10-6-4-7-11-19)24-20-12-8-5-9-13-20/h4-15H,1-3H3. The predicted molar refractivity (Wildman–Crippen MR) is 103 cm³/mol. The van der Waals surface area contributed by atoms with Crippen LogP contribution in [0, 0.1) is 20.8 Å². The molecule has 0 aliphatic rings. The minimum Gasteiger partial charge on any atom is -0.386 e. The number of phosphoric acid groups is 1. The van der Waals surface area contributed by atoms with Gasteiger partial charge in [0.2, 0.25) is 0 Å². The van der Waals surface area contributed by atoms with E-state index in [4.69, 9.17) is 13.6 Å². The Kier molecular flexibility index (Phi) is 5.34. The monoisotopic (exact) mass is 368 g/mol. The Balaban J connectivity index is 1.96. The van der Waals surface area contributed by atoms with Crippen molar-refractivity contribution < 1.29 is 18.1 Å². The van der Waals surface area contributed by atoms with E-state index in [-0.39, 0.29) is 0 Å². The predicted octanol–water partition coefficient (Wildman–Crippen LogP) is 6.26. The first-order valence-corrected chi connectivity index (χ1v) is 9.78. The SMILES string of the molecule is Cc1cc(C)c(OP(=O)(Oc2ccccc2)Oc2ccccc2)c(C)c1. The Hall–Kier alpha value is -2.71. The van der Waals surface area contributed by atoms with Crippen molar-refractivity contribution in [1.29, 1.82) is 0 Å². The van der Waals surface area contributed by atoms with Crippen LogP contribution in [0.4, 0.5) is 0 Å². The molecule has 0 aliphatic carbocycles. The molecular formula is C21H21O4P. The highest BCUT2D eigenvalue weighted by atomic mass is 31.2. The van der Waals surface area contributed by atoms with Gasteiger partial charge < -0.3 is 13.6 Å². The topological polar surface area (TPSA) is 44.8 Å². The quantitative estimate of drug-likeness (QED) is 0.482. The minimum atomic E-state index is -3.95. The van der Waals surface area contributed by atoms with Gasteiger partial charge in [0.15, 0.2) is 0 Å². The molecule has 3 rings (SSSR count). The van der Waals surface area contributed by atoms with Crippen molar-refractivity contribution in [3.05, 3.63) is 89.5 Å². The van der Waals surface area contributed by atoms with Gasteiger partial charge in [-0.1, -0.05) is 54.1 Å². The molecule has 0 aromatic heterocycles. The molecule has 0 unspecified atom stereocenters. The summed E-state index contributed by atoms with van der Waals surface area (Å²) in [6, 6.07) is 21.7. The largest absolute Gasteiger partial charge is 0.647 e. The van der Waals surface area contributed by atoms with Crippen molar-refractivity contribution in [3.63, 3.8) is 0 Å². The van der Waals surface area contributed by atoms with E-state index in [2.05, 4.69) is 0 Å². The number of hydrogen-bond acceptors (Lipinski definition) is 4. The molecule has 0 fully saturated rings. The van der Waals surface area contributed by atoms with Gasteiger partial charge in [-0.05, 0) is 56.2 Å². The Morgan fingerprint density at radius 1 is 0.654 bits per heavy atom. The average Bonchev–Trinajstić information content (AvgIpc) is 2.60. The number of hydrogen-bond donors (Lipinski definition) is 0. The van der Waals surface area contributed by atoms with Gasteiger partial charge in [-0.15, -0.1) is 0 Å². The molecule has 0 heterocycles. The molecule has 3 aromatic carbocycles. The van der Waals surface area contributed by atoms with Gasteiger partial charge in [0.1, 0.15) is 17.2 Å². The first-order valence-electron chi connectivity index (χ1n) is 8.32. The highest BCUT2D eigenvalue weighted by Gasteiger charge is 2.34. The van der Waals surface area contributed by atoms with E-state index in [1.165, 1.54) is 0 Å². The molecule has 3 aromatic rings. The highest BCUT2D eigenvalue weighted by Crippen LogP contribution is 2.51. The molecule has 5 heteroatoms. The number of benzene rings is 3. The van der Waals surface area contributed by atoms with Crippen LogP contribution < -0.4 is 13.6 Å². The number of rotatable bonds is 6. The van der Waals surface area contributed by atoms with Crippen LogP contribution in [0.25, 0.3) is 0 Å². The molecule has 0 radical (unpaired) electrons. The second-order valence-electron chi connectivity index (χ2n) is 6.08. The lowest BCUT2D eigenvalue weighted by molar-refractivity contribution is 0.297. The van der Waals surface area contributed by atoms with Crippen molar-refractivity contribution >= 4 is 7.82 Å². The zero-order valence-electron chi connectivity index (χ0n) is 15.0. The molecule has 0 bridgehead atoms. The summed E-state index contributed by atoms with van der Waals surface area (Å²) in [6.07, 6.45) is 0. The second-order valence-corrected chi connectivity index (χ2v) is 7.52. The van der Waals surface area contributed by atoms with Crippen LogP contribution in [0.1, 0.15) is 16.7 Å². The van der Waals surface area contributed by atoms with Gasteiger partial charge in [-0.3, -0.25) is 0 Å². The Labute approximate surface area is 154 Å². The highest BCUT2D eigenvalue weighted by molar-refractivity contribution is 7.49. The second kappa shape index (κ2) is 7.67. The summed E-state index contributed by atoms with van der Waals surface area (Å²) in [4.78, 5) is 0. The van der Waals surface area contributed by atoms with Crippen LogP contribution in [0.5, 0.6) is 17.2 Å². The molecule has 0 spiro atoms. The van der Waals surface area contributed by atoms with Gasteiger partial charge in [0.25, 0.3) is 0 Å². The van der Waals surface area contributed by atoms with Gasteiger partial charge in [0, 0.05) is 0 Å². The van der Waals surface area contributed by atoms with Crippen molar-refractivity contribution in [2.45, 2.75) is 20.8 Å². The summed E-state index contributed by atoms with van der Waals surface area (Å²) in [5.74, 6) is 1.33. The van der Waals surface area contributed by atoms with E-state index in [1.807, 2.05) is 45.0 Å². The maximum Gasteiger partial charge on any atom is 0.647 e. The lowest BCUT2D eigenvalue weighted by atomic mass is 10.1. The van der Waals surface area contributed by atoms with Crippen LogP contribution in [-0.2, 0) is 4.57 Å². The number of phosphoric ester groups is 1. The van der Waals surface area contributed by atoms with Crippen LogP contribution >= 0.6 is 7.82 Å². The van der Waals surface area contributed by atoms with Gasteiger partial charge >= 0.3 is 7.82 Å². The Bertz CT molecular complexity index is 855. The summed E-state index contributed by atoms with van der Waals surface area (Å²) in [7, 11) is -3.95. The van der Waals surface area contributed by atoms with E-state index >= 15 is 0 Å². The molecule has 0 atom stereocenters. The summed E-state index contributed by atoms with van der Waals surface area (Å²) in [6.45, 7) is 5.82. The van der Waals surface area contributed by atoms with Crippen LogP contribution in [-0.4, -0.2) is 0 Å². The Morgan fingerprint density at radius 3 is 1.50 bits per heavy atom. The molecule has 0 saturated heterocycles. The van der Waals surface area contributed by atoms with Crippen LogP contribution in [0.15, 0.2) is 72.8 Å². The smallest absolute Gasteiger partial charge is 0.386 e. The van der Waals surface area contributed by atoms with Gasteiger partial charge in [0.05, 0.1) is 0 Å². The fourth-order valence-electron chi connectivity index (χ4n) is 2.70. The van der Waals surface area contributed by atoms with E-state index in [1.54, 1.807) is 48.5 Å². The summed E-state index contributed by atoms with van der Waals surface area (Å²) < 4.78 is 30.6.